The average molecular weight is 349 g/mol. The number of ether oxygens (including phenoxy) is 3. The number of amides is 1. The zero-order chi connectivity index (χ0) is 18.7. The number of benzene rings is 1. The van der Waals surface area contributed by atoms with Crippen LogP contribution in [0, 0.1) is 0 Å². The van der Waals surface area contributed by atoms with Crippen LogP contribution in [0.4, 0.5) is 4.79 Å². The van der Waals surface area contributed by atoms with E-state index in [1.807, 2.05) is 30.3 Å². The number of epoxide rings is 1. The molecule has 1 aliphatic rings. The Balaban J connectivity index is 2.10. The Labute approximate surface area is 148 Å². The number of esters is 1. The van der Waals surface area contributed by atoms with Crippen LogP contribution < -0.4 is 5.32 Å². The molecule has 1 aromatic rings. The highest BCUT2D eigenvalue weighted by atomic mass is 16.7. The van der Waals surface area contributed by atoms with Crippen molar-refractivity contribution in [1.82, 2.24) is 5.32 Å². The Morgan fingerprint density at radius 2 is 1.92 bits per heavy atom. The van der Waals surface area contributed by atoms with Crippen molar-refractivity contribution in [3.63, 3.8) is 0 Å². The summed E-state index contributed by atoms with van der Waals surface area (Å²) in [4.78, 5) is 24.3. The van der Waals surface area contributed by atoms with Crippen LogP contribution in [-0.4, -0.2) is 42.0 Å². The smallest absolute Gasteiger partial charge is 0.407 e. The molecule has 1 fully saturated rings. The van der Waals surface area contributed by atoms with E-state index in [9.17, 15) is 9.59 Å². The fourth-order valence-corrected chi connectivity index (χ4v) is 2.70. The number of carbonyl (C=O) groups is 2. The van der Waals surface area contributed by atoms with Gasteiger partial charge in [-0.05, 0) is 46.6 Å². The summed E-state index contributed by atoms with van der Waals surface area (Å²) in [6, 6.07) is 9.32. The van der Waals surface area contributed by atoms with Crippen molar-refractivity contribution in [2.75, 3.05) is 6.61 Å². The fraction of sp³-hybridized carbons (Fsp3) is 0.579. The maximum atomic E-state index is 12.2. The van der Waals surface area contributed by atoms with Gasteiger partial charge in [-0.15, -0.1) is 0 Å². The van der Waals surface area contributed by atoms with Crippen LogP contribution in [-0.2, 0) is 25.4 Å². The first-order valence-electron chi connectivity index (χ1n) is 8.54. The topological polar surface area (TPSA) is 77.2 Å². The standard InChI is InChI=1S/C19H27NO5/c1-6-23-16(21)19(5)15(24-19)14(12-13-10-8-7-9-11-13)20-17(22)25-18(2,3)4/h7-11,14-15H,6,12H2,1-5H3,(H,20,22)/t14-,15?,19?/m0/s1. The Kier molecular flexibility index (Phi) is 5.72. The highest BCUT2D eigenvalue weighted by Gasteiger charge is 2.63. The minimum absolute atomic E-state index is 0.285. The lowest BCUT2D eigenvalue weighted by atomic mass is 9.96. The van der Waals surface area contributed by atoms with Gasteiger partial charge in [0.05, 0.1) is 12.6 Å². The van der Waals surface area contributed by atoms with Crippen LogP contribution in [0.2, 0.25) is 0 Å². The summed E-state index contributed by atoms with van der Waals surface area (Å²) in [6.07, 6.45) is -0.464. The van der Waals surface area contributed by atoms with Gasteiger partial charge in [-0.1, -0.05) is 30.3 Å². The largest absolute Gasteiger partial charge is 0.464 e. The van der Waals surface area contributed by atoms with Gasteiger partial charge in [0.2, 0.25) is 0 Å². The van der Waals surface area contributed by atoms with E-state index in [-0.39, 0.29) is 6.61 Å². The zero-order valence-electron chi connectivity index (χ0n) is 15.5. The van der Waals surface area contributed by atoms with Gasteiger partial charge in [-0.3, -0.25) is 0 Å². The van der Waals surface area contributed by atoms with Crippen LogP contribution in [0.25, 0.3) is 0 Å². The first kappa shape index (κ1) is 19.2. The minimum atomic E-state index is -1.04. The van der Waals surface area contributed by atoms with Crippen molar-refractivity contribution in [2.24, 2.45) is 0 Å². The molecule has 0 aliphatic carbocycles. The molecule has 1 saturated heterocycles. The number of hydrogen-bond donors (Lipinski definition) is 1. The van der Waals surface area contributed by atoms with Gasteiger partial charge >= 0.3 is 12.1 Å². The van der Waals surface area contributed by atoms with Gasteiger partial charge in [-0.2, -0.15) is 0 Å². The molecule has 1 heterocycles. The average Bonchev–Trinajstić information content (AvgIpc) is 3.20. The molecule has 0 aromatic heterocycles. The Bertz CT molecular complexity index is 610. The first-order chi connectivity index (χ1) is 11.7. The van der Waals surface area contributed by atoms with Gasteiger partial charge in [0.25, 0.3) is 0 Å². The molecule has 0 bridgehead atoms. The predicted molar refractivity (Wildman–Crippen MR) is 93.2 cm³/mol. The van der Waals surface area contributed by atoms with Crippen LogP contribution >= 0.6 is 0 Å². The number of hydrogen-bond acceptors (Lipinski definition) is 5. The molecule has 3 atom stereocenters. The van der Waals surface area contributed by atoms with Crippen molar-refractivity contribution in [3.05, 3.63) is 35.9 Å². The van der Waals surface area contributed by atoms with Crippen LogP contribution in [0.3, 0.4) is 0 Å². The summed E-state index contributed by atoms with van der Waals surface area (Å²) >= 11 is 0. The van der Waals surface area contributed by atoms with E-state index >= 15 is 0 Å². The molecule has 0 saturated carbocycles. The second kappa shape index (κ2) is 7.44. The number of carbonyl (C=O) groups excluding carboxylic acids is 2. The maximum Gasteiger partial charge on any atom is 0.407 e. The summed E-state index contributed by atoms with van der Waals surface area (Å²) in [7, 11) is 0. The summed E-state index contributed by atoms with van der Waals surface area (Å²) in [5.41, 5.74) is -0.606. The third-order valence-corrected chi connectivity index (χ3v) is 3.90. The lowest BCUT2D eigenvalue weighted by molar-refractivity contribution is -0.148. The highest BCUT2D eigenvalue weighted by molar-refractivity contribution is 5.83. The highest BCUT2D eigenvalue weighted by Crippen LogP contribution is 2.40. The first-order valence-corrected chi connectivity index (χ1v) is 8.54. The summed E-state index contributed by atoms with van der Waals surface area (Å²) < 4.78 is 16.1. The summed E-state index contributed by atoms with van der Waals surface area (Å²) in [5, 5.41) is 2.84. The monoisotopic (exact) mass is 349 g/mol. The maximum absolute atomic E-state index is 12.2. The van der Waals surface area contributed by atoms with E-state index in [0.29, 0.717) is 6.42 Å². The van der Waals surface area contributed by atoms with Gasteiger partial charge < -0.3 is 19.5 Å². The third-order valence-electron chi connectivity index (χ3n) is 3.90. The normalized spacial score (nSPS) is 23.5. The molecule has 1 amide bonds. The molecule has 2 unspecified atom stereocenters. The van der Waals surface area contributed by atoms with Gasteiger partial charge in [0, 0.05) is 0 Å². The Morgan fingerprint density at radius 1 is 1.28 bits per heavy atom. The molecule has 25 heavy (non-hydrogen) atoms. The Morgan fingerprint density at radius 3 is 2.48 bits per heavy atom. The van der Waals surface area contributed by atoms with Crippen molar-refractivity contribution in [2.45, 2.75) is 64.4 Å². The van der Waals surface area contributed by atoms with Gasteiger partial charge in [0.1, 0.15) is 11.7 Å². The number of nitrogens with one attached hydrogen (secondary N) is 1. The quantitative estimate of drug-likeness (QED) is 0.631. The van der Waals surface area contributed by atoms with Crippen LogP contribution in [0.5, 0.6) is 0 Å². The van der Waals surface area contributed by atoms with Crippen molar-refractivity contribution < 1.29 is 23.8 Å². The molecular weight excluding hydrogens is 322 g/mol. The molecule has 2 rings (SSSR count). The lowest BCUT2D eigenvalue weighted by Crippen LogP contribution is -2.46. The summed E-state index contributed by atoms with van der Waals surface area (Å²) in [6.45, 7) is 9.12. The molecule has 6 nitrogen and oxygen atoms in total. The number of alkyl carbamates (subject to hydrolysis) is 1. The molecule has 138 valence electrons. The van der Waals surface area contributed by atoms with E-state index < -0.39 is 35.4 Å². The van der Waals surface area contributed by atoms with E-state index in [2.05, 4.69) is 5.32 Å². The zero-order valence-corrected chi connectivity index (χ0v) is 15.5. The second-order valence-corrected chi connectivity index (χ2v) is 7.31. The van der Waals surface area contributed by atoms with Crippen LogP contribution in [0.1, 0.15) is 40.2 Å². The molecule has 1 N–H and O–H groups in total. The SMILES string of the molecule is CCOC(=O)C1(C)OC1[C@H](Cc1ccccc1)NC(=O)OC(C)(C)C. The van der Waals surface area contributed by atoms with Gasteiger partial charge in [-0.25, -0.2) is 9.59 Å². The van der Waals surface area contributed by atoms with E-state index in [0.717, 1.165) is 5.56 Å². The molecule has 1 aliphatic heterocycles. The van der Waals surface area contributed by atoms with E-state index in [4.69, 9.17) is 14.2 Å². The predicted octanol–water partition coefficient (Wildman–Crippen LogP) is 2.84. The van der Waals surface area contributed by atoms with E-state index in [1.165, 1.54) is 0 Å². The third kappa shape index (κ3) is 5.19. The molecule has 0 spiro atoms. The van der Waals surface area contributed by atoms with Gasteiger partial charge in [0.15, 0.2) is 5.60 Å². The second-order valence-electron chi connectivity index (χ2n) is 7.31. The molecule has 6 heteroatoms. The summed E-state index contributed by atoms with van der Waals surface area (Å²) in [5.74, 6) is -0.413. The molecule has 0 radical (unpaired) electrons. The van der Waals surface area contributed by atoms with Crippen LogP contribution in [0.15, 0.2) is 30.3 Å². The molecular formula is C19H27NO5. The van der Waals surface area contributed by atoms with Crippen molar-refractivity contribution in [1.29, 1.82) is 0 Å². The lowest BCUT2D eigenvalue weighted by Gasteiger charge is -2.23. The van der Waals surface area contributed by atoms with E-state index in [1.54, 1.807) is 34.6 Å². The number of rotatable bonds is 6. The Hall–Kier alpha value is -2.08. The molecule has 1 aromatic carbocycles. The minimum Gasteiger partial charge on any atom is -0.464 e. The van der Waals surface area contributed by atoms with Crippen molar-refractivity contribution in [3.8, 4) is 0 Å². The van der Waals surface area contributed by atoms with Crippen molar-refractivity contribution >= 4 is 12.1 Å². The fourth-order valence-electron chi connectivity index (χ4n) is 2.70.